The monoisotopic (exact) mass is 382 g/mol. The fourth-order valence-corrected chi connectivity index (χ4v) is 3.55. The number of hydrogen-bond donors (Lipinski definition) is 0. The molecule has 1 amide bonds. The van der Waals surface area contributed by atoms with Gasteiger partial charge in [-0.15, -0.1) is 0 Å². The van der Waals surface area contributed by atoms with Crippen molar-refractivity contribution in [3.8, 4) is 11.5 Å². The molecule has 2 aromatic rings. The number of hydrogen-bond acceptors (Lipinski definition) is 4. The summed E-state index contributed by atoms with van der Waals surface area (Å²) < 4.78 is 11.1. The molecular formula is C23H30N2O3. The SMILES string of the molecule is COc1ccccc1CCCN1CCN(C(=O)CCOc2ccccc2)CC1. The van der Waals surface area contributed by atoms with Crippen molar-refractivity contribution in [2.75, 3.05) is 46.4 Å². The first-order valence-corrected chi connectivity index (χ1v) is 10.1. The third kappa shape index (κ3) is 5.99. The van der Waals surface area contributed by atoms with Gasteiger partial charge < -0.3 is 14.4 Å². The van der Waals surface area contributed by atoms with Crippen molar-refractivity contribution in [1.29, 1.82) is 0 Å². The van der Waals surface area contributed by atoms with Gasteiger partial charge in [0.15, 0.2) is 0 Å². The summed E-state index contributed by atoms with van der Waals surface area (Å²) in [6.45, 7) is 4.98. The summed E-state index contributed by atoms with van der Waals surface area (Å²) in [7, 11) is 1.72. The molecule has 1 saturated heterocycles. The van der Waals surface area contributed by atoms with Crippen LogP contribution in [0.5, 0.6) is 11.5 Å². The lowest BCUT2D eigenvalue weighted by Crippen LogP contribution is -2.49. The molecule has 2 aromatic carbocycles. The van der Waals surface area contributed by atoms with Crippen LogP contribution in [0.3, 0.4) is 0 Å². The van der Waals surface area contributed by atoms with Crippen LogP contribution in [0, 0.1) is 0 Å². The van der Waals surface area contributed by atoms with Crippen molar-refractivity contribution >= 4 is 5.91 Å². The van der Waals surface area contributed by atoms with Gasteiger partial charge in [-0.2, -0.15) is 0 Å². The Morgan fingerprint density at radius 1 is 0.964 bits per heavy atom. The molecule has 0 N–H and O–H groups in total. The molecule has 5 nitrogen and oxygen atoms in total. The number of para-hydroxylation sites is 2. The van der Waals surface area contributed by atoms with Crippen LogP contribution in [0.1, 0.15) is 18.4 Å². The van der Waals surface area contributed by atoms with E-state index < -0.39 is 0 Å². The van der Waals surface area contributed by atoms with E-state index in [2.05, 4.69) is 17.0 Å². The van der Waals surface area contributed by atoms with Gasteiger partial charge in [0.1, 0.15) is 11.5 Å². The van der Waals surface area contributed by atoms with Crippen molar-refractivity contribution in [1.82, 2.24) is 9.80 Å². The Morgan fingerprint density at radius 3 is 2.43 bits per heavy atom. The zero-order valence-electron chi connectivity index (χ0n) is 16.7. The molecule has 0 radical (unpaired) electrons. The number of ether oxygens (including phenoxy) is 2. The molecule has 3 rings (SSSR count). The first kappa shape index (κ1) is 20.2. The lowest BCUT2D eigenvalue weighted by Gasteiger charge is -2.34. The van der Waals surface area contributed by atoms with E-state index in [1.165, 1.54) is 5.56 Å². The Balaban J connectivity index is 1.32. The number of rotatable bonds is 9. The summed E-state index contributed by atoms with van der Waals surface area (Å²) in [5.41, 5.74) is 1.26. The van der Waals surface area contributed by atoms with Gasteiger partial charge in [-0.3, -0.25) is 9.69 Å². The second-order valence-corrected chi connectivity index (χ2v) is 7.05. The predicted molar refractivity (Wildman–Crippen MR) is 111 cm³/mol. The molecule has 1 aliphatic rings. The highest BCUT2D eigenvalue weighted by atomic mass is 16.5. The van der Waals surface area contributed by atoms with Crippen molar-refractivity contribution in [3.63, 3.8) is 0 Å². The summed E-state index contributed by atoms with van der Waals surface area (Å²) in [5.74, 6) is 1.97. The number of amides is 1. The van der Waals surface area contributed by atoms with E-state index in [1.54, 1.807) is 7.11 Å². The zero-order chi connectivity index (χ0) is 19.6. The van der Waals surface area contributed by atoms with Gasteiger partial charge in [-0.1, -0.05) is 36.4 Å². The van der Waals surface area contributed by atoms with Gasteiger partial charge in [-0.05, 0) is 43.1 Å². The van der Waals surface area contributed by atoms with Crippen LogP contribution in [-0.2, 0) is 11.2 Å². The Kier molecular flexibility index (Phi) is 7.73. The number of piperazine rings is 1. The molecule has 28 heavy (non-hydrogen) atoms. The molecule has 5 heteroatoms. The molecule has 0 bridgehead atoms. The highest BCUT2D eigenvalue weighted by molar-refractivity contribution is 5.76. The van der Waals surface area contributed by atoms with Crippen LogP contribution in [0.4, 0.5) is 0 Å². The predicted octanol–water partition coefficient (Wildman–Crippen LogP) is 3.24. The summed E-state index contributed by atoms with van der Waals surface area (Å²) in [6, 6.07) is 17.9. The maximum absolute atomic E-state index is 12.4. The lowest BCUT2D eigenvalue weighted by atomic mass is 10.1. The summed E-state index contributed by atoms with van der Waals surface area (Å²) in [4.78, 5) is 16.8. The Bertz CT molecular complexity index is 728. The van der Waals surface area contributed by atoms with E-state index in [0.717, 1.165) is 57.1 Å². The van der Waals surface area contributed by atoms with E-state index in [-0.39, 0.29) is 5.91 Å². The first-order chi connectivity index (χ1) is 13.8. The molecule has 0 saturated carbocycles. The second-order valence-electron chi connectivity index (χ2n) is 7.05. The number of benzene rings is 2. The molecule has 0 aliphatic carbocycles. The van der Waals surface area contributed by atoms with Crippen molar-refractivity contribution in [3.05, 3.63) is 60.2 Å². The summed E-state index contributed by atoms with van der Waals surface area (Å²) in [6.07, 6.45) is 2.54. The molecular weight excluding hydrogens is 352 g/mol. The molecule has 0 spiro atoms. The van der Waals surface area contributed by atoms with Crippen molar-refractivity contribution in [2.24, 2.45) is 0 Å². The molecule has 150 valence electrons. The van der Waals surface area contributed by atoms with Crippen LogP contribution in [0.2, 0.25) is 0 Å². The highest BCUT2D eigenvalue weighted by Crippen LogP contribution is 2.19. The van der Waals surface area contributed by atoms with E-state index >= 15 is 0 Å². The highest BCUT2D eigenvalue weighted by Gasteiger charge is 2.20. The molecule has 1 fully saturated rings. The third-order valence-corrected chi connectivity index (χ3v) is 5.17. The van der Waals surface area contributed by atoms with Crippen LogP contribution in [-0.4, -0.2) is 62.1 Å². The van der Waals surface area contributed by atoms with Gasteiger partial charge in [-0.25, -0.2) is 0 Å². The molecule has 0 unspecified atom stereocenters. The normalized spacial score (nSPS) is 14.7. The van der Waals surface area contributed by atoms with Crippen LogP contribution < -0.4 is 9.47 Å². The van der Waals surface area contributed by atoms with Gasteiger partial charge in [0.2, 0.25) is 5.91 Å². The maximum atomic E-state index is 12.4. The number of methoxy groups -OCH3 is 1. The largest absolute Gasteiger partial charge is 0.496 e. The first-order valence-electron chi connectivity index (χ1n) is 10.1. The summed E-state index contributed by atoms with van der Waals surface area (Å²) >= 11 is 0. The van der Waals surface area contributed by atoms with Gasteiger partial charge in [0.05, 0.1) is 20.1 Å². The number of nitrogens with zero attached hydrogens (tertiary/aromatic N) is 2. The Morgan fingerprint density at radius 2 is 1.68 bits per heavy atom. The zero-order valence-corrected chi connectivity index (χ0v) is 16.7. The lowest BCUT2D eigenvalue weighted by molar-refractivity contribution is -0.133. The average Bonchev–Trinajstić information content (AvgIpc) is 2.75. The fraction of sp³-hybridized carbons (Fsp3) is 0.435. The minimum atomic E-state index is 0.185. The van der Waals surface area contributed by atoms with Gasteiger partial charge in [0, 0.05) is 26.2 Å². The van der Waals surface area contributed by atoms with Crippen LogP contribution in [0.15, 0.2) is 54.6 Å². The average molecular weight is 383 g/mol. The Hall–Kier alpha value is -2.53. The van der Waals surface area contributed by atoms with E-state index in [1.807, 2.05) is 47.4 Å². The van der Waals surface area contributed by atoms with Gasteiger partial charge >= 0.3 is 0 Å². The Labute approximate surface area is 167 Å². The van der Waals surface area contributed by atoms with Crippen LogP contribution in [0.25, 0.3) is 0 Å². The van der Waals surface area contributed by atoms with Crippen molar-refractivity contribution in [2.45, 2.75) is 19.3 Å². The number of carbonyl (C=O) groups is 1. The minimum absolute atomic E-state index is 0.185. The maximum Gasteiger partial charge on any atom is 0.226 e. The summed E-state index contributed by atoms with van der Waals surface area (Å²) in [5, 5.41) is 0. The molecule has 0 aromatic heterocycles. The second kappa shape index (κ2) is 10.7. The minimum Gasteiger partial charge on any atom is -0.496 e. The standard InChI is InChI=1S/C23H30N2O3/c1-27-22-12-6-5-8-20(22)9-7-14-24-15-17-25(18-16-24)23(26)13-19-28-21-10-3-2-4-11-21/h2-6,8,10-12H,7,9,13-19H2,1H3. The third-order valence-electron chi connectivity index (χ3n) is 5.17. The van der Waals surface area contributed by atoms with Crippen molar-refractivity contribution < 1.29 is 14.3 Å². The quantitative estimate of drug-likeness (QED) is 0.668. The van der Waals surface area contributed by atoms with E-state index in [0.29, 0.717) is 13.0 Å². The van der Waals surface area contributed by atoms with Gasteiger partial charge in [0.25, 0.3) is 0 Å². The smallest absolute Gasteiger partial charge is 0.226 e. The number of carbonyl (C=O) groups excluding carboxylic acids is 1. The fourth-order valence-electron chi connectivity index (χ4n) is 3.55. The molecule has 1 aliphatic heterocycles. The number of aryl methyl sites for hydroxylation is 1. The molecule has 1 heterocycles. The van der Waals surface area contributed by atoms with E-state index in [9.17, 15) is 4.79 Å². The van der Waals surface area contributed by atoms with E-state index in [4.69, 9.17) is 9.47 Å². The van der Waals surface area contributed by atoms with Crippen LogP contribution >= 0.6 is 0 Å². The molecule has 0 atom stereocenters. The topological polar surface area (TPSA) is 42.0 Å².